The fraction of sp³-hybridized carbons (Fsp3) is 0.476. The van der Waals surface area contributed by atoms with E-state index in [0.29, 0.717) is 5.92 Å². The highest BCUT2D eigenvalue weighted by atomic mass is 35.5. The molecule has 0 bridgehead atoms. The van der Waals surface area contributed by atoms with Gasteiger partial charge in [0.15, 0.2) is 5.16 Å². The van der Waals surface area contributed by atoms with Gasteiger partial charge in [-0.25, -0.2) is 0 Å². The Morgan fingerprint density at radius 2 is 1.96 bits per heavy atom. The molecule has 5 rings (SSSR count). The molecule has 2 aliphatic carbocycles. The zero-order chi connectivity index (χ0) is 19.5. The van der Waals surface area contributed by atoms with Crippen LogP contribution in [0.25, 0.3) is 0 Å². The molecule has 2 heterocycles. The summed E-state index contributed by atoms with van der Waals surface area (Å²) in [6.45, 7) is 0. The molecular weight excluding hydrogens is 392 g/mol. The molecule has 146 valence electrons. The van der Waals surface area contributed by atoms with E-state index in [4.69, 9.17) is 11.6 Å². The summed E-state index contributed by atoms with van der Waals surface area (Å²) in [7, 11) is 3.92. The summed E-state index contributed by atoms with van der Waals surface area (Å²) < 4.78 is 2.06. The van der Waals surface area contributed by atoms with Crippen molar-refractivity contribution in [2.75, 3.05) is 7.05 Å². The second-order valence-electron chi connectivity index (χ2n) is 8.00. The van der Waals surface area contributed by atoms with E-state index in [1.165, 1.54) is 30.2 Å². The second-order valence-corrected chi connectivity index (χ2v) is 9.38. The van der Waals surface area contributed by atoms with Gasteiger partial charge >= 0.3 is 0 Å². The zero-order valence-corrected chi connectivity index (χ0v) is 17.7. The topological polar surface area (TPSA) is 51.0 Å². The van der Waals surface area contributed by atoms with Gasteiger partial charge in [-0.05, 0) is 55.5 Å². The number of benzene rings is 1. The normalized spacial score (nSPS) is 24.8. The fourth-order valence-corrected chi connectivity index (χ4v) is 6.15. The summed E-state index contributed by atoms with van der Waals surface area (Å²) in [5.41, 5.74) is 1.79. The lowest BCUT2D eigenvalue weighted by atomic mass is 9.73. The van der Waals surface area contributed by atoms with Crippen molar-refractivity contribution in [3.8, 4) is 0 Å². The highest BCUT2D eigenvalue weighted by molar-refractivity contribution is 8.03. The number of thioether (sulfide) groups is 1. The first-order valence-electron chi connectivity index (χ1n) is 9.88. The average Bonchev–Trinajstić information content (AvgIpc) is 3.45. The molecular formula is C21H23ClN4OS. The number of carbonyl (C=O) groups excluding carboxylic acids is 1. The highest BCUT2D eigenvalue weighted by Gasteiger charge is 2.52. The van der Waals surface area contributed by atoms with Crippen molar-refractivity contribution >= 4 is 29.3 Å². The second kappa shape index (κ2) is 6.63. The molecule has 28 heavy (non-hydrogen) atoms. The van der Waals surface area contributed by atoms with Crippen LogP contribution in [0.15, 0.2) is 39.9 Å². The Kier molecular flexibility index (Phi) is 4.32. The van der Waals surface area contributed by atoms with Crippen LogP contribution < -0.4 is 0 Å². The smallest absolute Gasteiger partial charge is 0.261 e. The maximum absolute atomic E-state index is 13.4. The van der Waals surface area contributed by atoms with E-state index in [9.17, 15) is 4.79 Å². The largest absolute Gasteiger partial charge is 0.328 e. The number of likely N-dealkylation sites (N-methyl/N-ethyl adjacent to an activating group) is 1. The van der Waals surface area contributed by atoms with Crippen LogP contribution in [0.4, 0.5) is 0 Å². The lowest BCUT2D eigenvalue weighted by Crippen LogP contribution is -2.44. The van der Waals surface area contributed by atoms with Gasteiger partial charge < -0.3 is 9.47 Å². The van der Waals surface area contributed by atoms with E-state index in [-0.39, 0.29) is 5.91 Å². The Hall–Kier alpha value is -1.79. The molecule has 5 nitrogen and oxygen atoms in total. The zero-order valence-electron chi connectivity index (χ0n) is 16.1. The van der Waals surface area contributed by atoms with Crippen LogP contribution in [0, 0.1) is 0 Å². The summed E-state index contributed by atoms with van der Waals surface area (Å²) in [4.78, 5) is 16.1. The van der Waals surface area contributed by atoms with Crippen LogP contribution in [0.5, 0.6) is 0 Å². The van der Waals surface area contributed by atoms with E-state index in [1.54, 1.807) is 0 Å². The molecule has 0 radical (unpaired) electrons. The summed E-state index contributed by atoms with van der Waals surface area (Å²) in [6, 6.07) is 7.95. The Morgan fingerprint density at radius 3 is 2.71 bits per heavy atom. The predicted molar refractivity (Wildman–Crippen MR) is 110 cm³/mol. The van der Waals surface area contributed by atoms with Crippen molar-refractivity contribution < 1.29 is 4.79 Å². The van der Waals surface area contributed by atoms with Crippen LogP contribution in [0.1, 0.15) is 55.8 Å². The SMILES string of the molecule is CN1C(=O)C(Sc2nnc(C3CC3)n2C)=C2CCCC[C@@]21c1ccccc1Cl. The molecule has 3 aliphatic rings. The molecule has 2 saturated carbocycles. The van der Waals surface area contributed by atoms with Crippen LogP contribution in [-0.4, -0.2) is 32.6 Å². The van der Waals surface area contributed by atoms with Gasteiger partial charge in [-0.3, -0.25) is 4.79 Å². The van der Waals surface area contributed by atoms with Gasteiger partial charge in [-0.1, -0.05) is 36.2 Å². The van der Waals surface area contributed by atoms with Crippen molar-refractivity contribution in [3.05, 3.63) is 51.2 Å². The molecule has 7 heteroatoms. The maximum Gasteiger partial charge on any atom is 0.261 e. The molecule has 1 amide bonds. The van der Waals surface area contributed by atoms with Crippen molar-refractivity contribution in [3.63, 3.8) is 0 Å². The number of fused-ring (bicyclic) bond motifs is 1. The van der Waals surface area contributed by atoms with Crippen molar-refractivity contribution in [1.29, 1.82) is 0 Å². The van der Waals surface area contributed by atoms with E-state index in [2.05, 4.69) is 20.8 Å². The van der Waals surface area contributed by atoms with E-state index in [1.807, 2.05) is 37.2 Å². The Labute approximate surface area is 174 Å². The molecule has 0 spiro atoms. The molecule has 0 N–H and O–H groups in total. The van der Waals surface area contributed by atoms with Gasteiger partial charge in [0, 0.05) is 30.6 Å². The first-order valence-corrected chi connectivity index (χ1v) is 11.1. The summed E-state index contributed by atoms with van der Waals surface area (Å²) in [5.74, 6) is 1.63. The van der Waals surface area contributed by atoms with E-state index >= 15 is 0 Å². The lowest BCUT2D eigenvalue weighted by Gasteiger charge is -2.42. The first-order chi connectivity index (χ1) is 13.5. The monoisotopic (exact) mass is 414 g/mol. The number of aromatic nitrogens is 3. The minimum Gasteiger partial charge on any atom is -0.328 e. The quantitative estimate of drug-likeness (QED) is 0.731. The number of hydrogen-bond donors (Lipinski definition) is 0. The number of nitrogens with zero attached hydrogens (tertiary/aromatic N) is 4. The van der Waals surface area contributed by atoms with Crippen LogP contribution in [0.3, 0.4) is 0 Å². The third-order valence-electron chi connectivity index (χ3n) is 6.38. The van der Waals surface area contributed by atoms with Gasteiger partial charge in [0.2, 0.25) is 0 Å². The third kappa shape index (κ3) is 2.57. The predicted octanol–water partition coefficient (Wildman–Crippen LogP) is 4.63. The van der Waals surface area contributed by atoms with Crippen LogP contribution in [-0.2, 0) is 17.4 Å². The minimum atomic E-state index is -0.437. The molecule has 1 aliphatic heterocycles. The van der Waals surface area contributed by atoms with Gasteiger partial charge in [0.1, 0.15) is 5.82 Å². The van der Waals surface area contributed by atoms with Crippen molar-refractivity contribution in [2.24, 2.45) is 7.05 Å². The third-order valence-corrected chi connectivity index (χ3v) is 7.88. The summed E-state index contributed by atoms with van der Waals surface area (Å²) >= 11 is 8.09. The molecule has 1 aromatic carbocycles. The van der Waals surface area contributed by atoms with Crippen LogP contribution in [0.2, 0.25) is 5.02 Å². The number of carbonyl (C=O) groups is 1. The van der Waals surface area contributed by atoms with Crippen molar-refractivity contribution in [2.45, 2.75) is 55.1 Å². The van der Waals surface area contributed by atoms with E-state index < -0.39 is 5.54 Å². The number of amides is 1. The number of hydrogen-bond acceptors (Lipinski definition) is 4. The highest BCUT2D eigenvalue weighted by Crippen LogP contribution is 2.55. The maximum atomic E-state index is 13.4. The molecule has 2 aromatic rings. The Bertz CT molecular complexity index is 996. The molecule has 1 atom stereocenters. The molecule has 2 fully saturated rings. The summed E-state index contributed by atoms with van der Waals surface area (Å²) in [5, 5.41) is 10.3. The Balaban J connectivity index is 1.61. The lowest BCUT2D eigenvalue weighted by molar-refractivity contribution is -0.128. The van der Waals surface area contributed by atoms with Gasteiger partial charge in [0.25, 0.3) is 5.91 Å². The standard InChI is InChI=1S/C21H23ClN4OS/c1-25-18(13-10-11-13)23-24-20(25)28-17-15-8-5-6-12-21(15,26(2)19(17)27)14-7-3-4-9-16(14)22/h3-4,7,9,13H,5-6,8,10-12H2,1-2H3/t21-/m1/s1. The first kappa shape index (κ1) is 18.3. The van der Waals surface area contributed by atoms with Crippen LogP contribution >= 0.6 is 23.4 Å². The fourth-order valence-electron chi connectivity index (χ4n) is 4.75. The average molecular weight is 415 g/mol. The number of halogens is 1. The van der Waals surface area contributed by atoms with Crippen molar-refractivity contribution in [1.82, 2.24) is 19.7 Å². The van der Waals surface area contributed by atoms with Gasteiger partial charge in [-0.2, -0.15) is 0 Å². The molecule has 1 aromatic heterocycles. The summed E-state index contributed by atoms with van der Waals surface area (Å²) in [6.07, 6.45) is 6.37. The minimum absolute atomic E-state index is 0.0674. The van der Waals surface area contributed by atoms with E-state index in [0.717, 1.165) is 52.2 Å². The number of rotatable bonds is 4. The Morgan fingerprint density at radius 1 is 1.18 bits per heavy atom. The van der Waals surface area contributed by atoms with Gasteiger partial charge in [-0.15, -0.1) is 10.2 Å². The molecule has 0 unspecified atom stereocenters. The molecule has 0 saturated heterocycles. The van der Waals surface area contributed by atoms with Gasteiger partial charge in [0.05, 0.1) is 10.4 Å².